The van der Waals surface area contributed by atoms with Crippen molar-refractivity contribution < 1.29 is 19.1 Å². The first-order valence-corrected chi connectivity index (χ1v) is 7.64. The summed E-state index contributed by atoms with van der Waals surface area (Å²) < 4.78 is 15.3. The molecule has 0 spiro atoms. The van der Waals surface area contributed by atoms with Crippen molar-refractivity contribution in [3.05, 3.63) is 29.8 Å². The van der Waals surface area contributed by atoms with E-state index in [-0.39, 0.29) is 12.2 Å². The van der Waals surface area contributed by atoms with E-state index in [0.717, 1.165) is 0 Å². The number of rotatable bonds is 3. The number of urea groups is 1. The van der Waals surface area contributed by atoms with E-state index in [1.807, 2.05) is 0 Å². The fourth-order valence-corrected chi connectivity index (χ4v) is 2.72. The van der Waals surface area contributed by atoms with Crippen molar-refractivity contribution in [3.63, 3.8) is 0 Å². The second-order valence-electron chi connectivity index (χ2n) is 6.27. The summed E-state index contributed by atoms with van der Waals surface area (Å²) in [6.07, 6.45) is 0.383. The van der Waals surface area contributed by atoms with Crippen LogP contribution in [-0.4, -0.2) is 55.3 Å². The van der Waals surface area contributed by atoms with Gasteiger partial charge >= 0.3 is 12.0 Å². The molecule has 10 heteroatoms. The number of benzene rings is 1. The zero-order valence-electron chi connectivity index (χ0n) is 13.7. The molecule has 0 aliphatic carbocycles. The van der Waals surface area contributed by atoms with Gasteiger partial charge in [-0.25, -0.2) is 9.18 Å². The first-order valence-electron chi connectivity index (χ1n) is 7.64. The third-order valence-corrected chi connectivity index (χ3v) is 4.33. The van der Waals surface area contributed by atoms with Gasteiger partial charge in [-0.3, -0.25) is 4.79 Å². The Labute approximate surface area is 142 Å². The topological polar surface area (TPSA) is 113 Å². The van der Waals surface area contributed by atoms with E-state index in [2.05, 4.69) is 20.8 Å². The van der Waals surface area contributed by atoms with Crippen LogP contribution in [-0.2, 0) is 4.79 Å². The molecule has 1 unspecified atom stereocenters. The van der Waals surface area contributed by atoms with Gasteiger partial charge in [-0.15, -0.1) is 5.10 Å². The Morgan fingerprint density at radius 2 is 2.16 bits per heavy atom. The maximum atomic E-state index is 14.0. The number of aliphatic carboxylic acids is 1. The van der Waals surface area contributed by atoms with E-state index < -0.39 is 23.2 Å². The van der Waals surface area contributed by atoms with E-state index in [4.69, 9.17) is 0 Å². The number of carbonyl (C=O) groups is 2. The number of carboxylic acid groups (broad SMARTS) is 1. The van der Waals surface area contributed by atoms with Gasteiger partial charge in [0.15, 0.2) is 5.82 Å². The Balaban J connectivity index is 1.77. The smallest absolute Gasteiger partial charge is 0.321 e. The molecule has 1 aliphatic rings. The molecular weight excluding hydrogens is 331 g/mol. The van der Waals surface area contributed by atoms with Crippen molar-refractivity contribution in [1.29, 1.82) is 0 Å². The third-order valence-electron chi connectivity index (χ3n) is 4.33. The zero-order valence-corrected chi connectivity index (χ0v) is 13.7. The minimum absolute atomic E-state index is 0.108. The molecule has 1 aromatic heterocycles. The van der Waals surface area contributed by atoms with E-state index in [0.29, 0.717) is 24.5 Å². The number of aryl methyl sites for hydroxylation is 1. The lowest BCUT2D eigenvalue weighted by Crippen LogP contribution is -2.37. The van der Waals surface area contributed by atoms with Gasteiger partial charge in [0.1, 0.15) is 11.5 Å². The van der Waals surface area contributed by atoms with Gasteiger partial charge in [-0.2, -0.15) is 4.68 Å². The number of hydrogen-bond donors (Lipinski definition) is 2. The summed E-state index contributed by atoms with van der Waals surface area (Å²) in [5.74, 6) is -1.06. The molecule has 0 saturated carbocycles. The molecule has 1 saturated heterocycles. The molecule has 1 atom stereocenters. The van der Waals surface area contributed by atoms with Gasteiger partial charge in [0, 0.05) is 18.8 Å². The van der Waals surface area contributed by atoms with Crippen LogP contribution in [0.4, 0.5) is 14.9 Å². The van der Waals surface area contributed by atoms with Gasteiger partial charge in [-0.05, 0) is 48.9 Å². The first-order chi connectivity index (χ1) is 11.8. The number of hydrogen-bond acceptors (Lipinski definition) is 5. The number of amides is 2. The van der Waals surface area contributed by atoms with E-state index in [9.17, 15) is 19.1 Å². The summed E-state index contributed by atoms with van der Waals surface area (Å²) in [5, 5.41) is 22.8. The van der Waals surface area contributed by atoms with Crippen LogP contribution in [0.3, 0.4) is 0 Å². The van der Waals surface area contributed by atoms with Crippen LogP contribution < -0.4 is 5.32 Å². The van der Waals surface area contributed by atoms with Crippen LogP contribution in [0.1, 0.15) is 19.2 Å². The van der Waals surface area contributed by atoms with E-state index in [1.54, 1.807) is 13.8 Å². The number of aromatic nitrogens is 4. The molecular formula is C15H17FN6O3. The normalized spacial score (nSPS) is 19.9. The molecule has 1 aromatic carbocycles. The lowest BCUT2D eigenvalue weighted by atomic mass is 9.90. The summed E-state index contributed by atoms with van der Waals surface area (Å²) in [5.41, 5.74) is -0.480. The zero-order chi connectivity index (χ0) is 18.2. The largest absolute Gasteiger partial charge is 0.481 e. The lowest BCUT2D eigenvalue weighted by molar-refractivity contribution is -0.146. The van der Waals surface area contributed by atoms with Crippen molar-refractivity contribution in [2.45, 2.75) is 20.3 Å². The highest BCUT2D eigenvalue weighted by atomic mass is 19.1. The van der Waals surface area contributed by atoms with Gasteiger partial charge < -0.3 is 15.3 Å². The minimum Gasteiger partial charge on any atom is -0.481 e. The standard InChI is InChI=1S/C15H17FN6O3/c1-9-18-19-20-22(9)12-7-10(3-4-11(12)16)17-14(25)21-6-5-15(2,8-21)13(23)24/h3-4,7H,5-6,8H2,1-2H3,(H,17,25)(H,23,24). The Kier molecular flexibility index (Phi) is 4.11. The second kappa shape index (κ2) is 6.11. The average molecular weight is 348 g/mol. The Morgan fingerprint density at radius 3 is 2.76 bits per heavy atom. The summed E-state index contributed by atoms with van der Waals surface area (Å²) in [7, 11) is 0. The molecule has 1 aliphatic heterocycles. The van der Waals surface area contributed by atoms with Gasteiger partial charge in [0.2, 0.25) is 0 Å². The van der Waals surface area contributed by atoms with E-state index >= 15 is 0 Å². The number of anilines is 1. The average Bonchev–Trinajstić information content (AvgIpc) is 3.16. The molecule has 2 heterocycles. The Hall–Kier alpha value is -3.04. The first kappa shape index (κ1) is 16.8. The number of likely N-dealkylation sites (tertiary alicyclic amines) is 1. The number of tetrazole rings is 1. The fourth-order valence-electron chi connectivity index (χ4n) is 2.72. The van der Waals surface area contributed by atoms with Crippen LogP contribution in [0.2, 0.25) is 0 Å². The highest BCUT2D eigenvalue weighted by molar-refractivity contribution is 5.90. The molecule has 25 heavy (non-hydrogen) atoms. The van der Waals surface area contributed by atoms with Crippen molar-refractivity contribution in [2.75, 3.05) is 18.4 Å². The summed E-state index contributed by atoms with van der Waals surface area (Å²) in [4.78, 5) is 25.1. The predicted molar refractivity (Wildman–Crippen MR) is 84.8 cm³/mol. The molecule has 2 N–H and O–H groups in total. The second-order valence-corrected chi connectivity index (χ2v) is 6.27. The van der Waals surface area contributed by atoms with Crippen LogP contribution in [0.15, 0.2) is 18.2 Å². The number of nitrogens with one attached hydrogen (secondary N) is 1. The third kappa shape index (κ3) is 3.14. The number of carbonyl (C=O) groups excluding carboxylic acids is 1. The number of carboxylic acids is 1. The molecule has 2 amide bonds. The predicted octanol–water partition coefficient (Wildman–Crippen LogP) is 1.44. The molecule has 0 radical (unpaired) electrons. The molecule has 132 valence electrons. The molecule has 9 nitrogen and oxygen atoms in total. The van der Waals surface area contributed by atoms with Gasteiger partial charge in [0.25, 0.3) is 0 Å². The van der Waals surface area contributed by atoms with Crippen LogP contribution >= 0.6 is 0 Å². The molecule has 1 fully saturated rings. The van der Waals surface area contributed by atoms with Crippen molar-refractivity contribution >= 4 is 17.7 Å². The summed E-state index contributed by atoms with van der Waals surface area (Å²) >= 11 is 0. The molecule has 0 bridgehead atoms. The number of nitrogens with zero attached hydrogens (tertiary/aromatic N) is 5. The highest BCUT2D eigenvalue weighted by Crippen LogP contribution is 2.30. The maximum Gasteiger partial charge on any atom is 0.321 e. The lowest BCUT2D eigenvalue weighted by Gasteiger charge is -2.20. The summed E-state index contributed by atoms with van der Waals surface area (Å²) in [6, 6.07) is 3.61. The number of halogens is 1. The van der Waals surface area contributed by atoms with Gasteiger partial charge in [-0.1, -0.05) is 0 Å². The molecule has 3 rings (SSSR count). The SMILES string of the molecule is Cc1nnnn1-c1cc(NC(=O)N2CCC(C)(C(=O)O)C2)ccc1F. The Morgan fingerprint density at radius 1 is 1.40 bits per heavy atom. The highest BCUT2D eigenvalue weighted by Gasteiger charge is 2.42. The fraction of sp³-hybridized carbons (Fsp3) is 0.400. The minimum atomic E-state index is -0.950. The summed E-state index contributed by atoms with van der Waals surface area (Å²) in [6.45, 7) is 3.70. The monoisotopic (exact) mass is 348 g/mol. The van der Waals surface area contributed by atoms with Crippen LogP contribution in [0.25, 0.3) is 5.69 Å². The molecule has 2 aromatic rings. The van der Waals surface area contributed by atoms with Crippen molar-refractivity contribution in [1.82, 2.24) is 25.1 Å². The van der Waals surface area contributed by atoms with Crippen LogP contribution in [0, 0.1) is 18.2 Å². The van der Waals surface area contributed by atoms with Crippen molar-refractivity contribution in [2.24, 2.45) is 5.41 Å². The van der Waals surface area contributed by atoms with Gasteiger partial charge in [0.05, 0.1) is 5.41 Å². The Bertz CT molecular complexity index is 838. The maximum absolute atomic E-state index is 14.0. The van der Waals surface area contributed by atoms with Crippen LogP contribution in [0.5, 0.6) is 0 Å². The van der Waals surface area contributed by atoms with E-state index in [1.165, 1.54) is 27.8 Å². The quantitative estimate of drug-likeness (QED) is 0.868. The van der Waals surface area contributed by atoms with Crippen molar-refractivity contribution in [3.8, 4) is 5.69 Å².